The number of aliphatic imine (C=N–C) groups is 1. The fourth-order valence-corrected chi connectivity index (χ4v) is 2.61. The third-order valence-corrected chi connectivity index (χ3v) is 4.03. The van der Waals surface area contributed by atoms with Crippen LogP contribution in [0.2, 0.25) is 0 Å². The number of aromatic nitrogens is 1. The van der Waals surface area contributed by atoms with Crippen LogP contribution in [0.25, 0.3) is 0 Å². The molecule has 1 N–H and O–H groups in total. The SMILES string of the molecule is CC1CSC(=NCc2cccnc2)NC1C. The quantitative estimate of drug-likeness (QED) is 0.854. The van der Waals surface area contributed by atoms with Crippen LogP contribution in [0.5, 0.6) is 0 Å². The molecule has 2 heterocycles. The van der Waals surface area contributed by atoms with Crippen LogP contribution in [-0.4, -0.2) is 21.9 Å². The van der Waals surface area contributed by atoms with Crippen molar-refractivity contribution >= 4 is 16.9 Å². The molecular weight excluding hydrogens is 218 g/mol. The zero-order chi connectivity index (χ0) is 11.4. The van der Waals surface area contributed by atoms with Crippen LogP contribution >= 0.6 is 11.8 Å². The van der Waals surface area contributed by atoms with E-state index in [0.29, 0.717) is 18.5 Å². The van der Waals surface area contributed by atoms with Crippen molar-refractivity contribution in [1.29, 1.82) is 0 Å². The van der Waals surface area contributed by atoms with Gasteiger partial charge in [0.25, 0.3) is 0 Å². The highest BCUT2D eigenvalue weighted by atomic mass is 32.2. The lowest BCUT2D eigenvalue weighted by molar-refractivity contribution is 0.490. The molecule has 1 aromatic rings. The number of rotatable bonds is 2. The van der Waals surface area contributed by atoms with Crippen molar-refractivity contribution in [2.24, 2.45) is 10.9 Å². The van der Waals surface area contributed by atoms with E-state index in [0.717, 1.165) is 16.5 Å². The Hall–Kier alpha value is -1.03. The molecule has 0 amide bonds. The zero-order valence-electron chi connectivity index (χ0n) is 9.68. The molecule has 1 aliphatic rings. The number of amidine groups is 1. The molecule has 0 aromatic carbocycles. The highest BCUT2D eigenvalue weighted by molar-refractivity contribution is 8.13. The Morgan fingerprint density at radius 2 is 2.44 bits per heavy atom. The van der Waals surface area contributed by atoms with Gasteiger partial charge in [0.1, 0.15) is 0 Å². The van der Waals surface area contributed by atoms with Crippen LogP contribution in [0.1, 0.15) is 19.4 Å². The summed E-state index contributed by atoms with van der Waals surface area (Å²) in [6, 6.07) is 4.52. The van der Waals surface area contributed by atoms with Crippen molar-refractivity contribution in [1.82, 2.24) is 10.3 Å². The van der Waals surface area contributed by atoms with Gasteiger partial charge in [0.15, 0.2) is 5.17 Å². The summed E-state index contributed by atoms with van der Waals surface area (Å²) < 4.78 is 0. The van der Waals surface area contributed by atoms with E-state index in [-0.39, 0.29) is 0 Å². The second-order valence-electron chi connectivity index (χ2n) is 4.20. The maximum absolute atomic E-state index is 4.57. The standard InChI is InChI=1S/C12H17N3S/c1-9-8-16-12(15-10(9)2)14-7-11-4-3-5-13-6-11/h3-6,9-10H,7-8H2,1-2H3,(H,14,15). The molecule has 1 saturated heterocycles. The van der Waals surface area contributed by atoms with Crippen molar-refractivity contribution in [3.05, 3.63) is 30.1 Å². The Bertz CT molecular complexity index is 364. The van der Waals surface area contributed by atoms with Crippen molar-refractivity contribution in [3.8, 4) is 0 Å². The van der Waals surface area contributed by atoms with Gasteiger partial charge in [-0.2, -0.15) is 0 Å². The number of pyridine rings is 1. The molecule has 86 valence electrons. The summed E-state index contributed by atoms with van der Waals surface area (Å²) in [6.45, 7) is 5.19. The second-order valence-corrected chi connectivity index (χ2v) is 5.21. The number of hydrogen-bond donors (Lipinski definition) is 1. The maximum atomic E-state index is 4.57. The summed E-state index contributed by atoms with van der Waals surface area (Å²) in [5.41, 5.74) is 1.16. The predicted octanol–water partition coefficient (Wildman–Crippen LogP) is 2.30. The van der Waals surface area contributed by atoms with E-state index >= 15 is 0 Å². The number of nitrogens with zero attached hydrogens (tertiary/aromatic N) is 2. The van der Waals surface area contributed by atoms with Gasteiger partial charge in [-0.15, -0.1) is 0 Å². The highest BCUT2D eigenvalue weighted by Crippen LogP contribution is 2.19. The van der Waals surface area contributed by atoms with Gasteiger partial charge in [-0.05, 0) is 24.5 Å². The number of nitrogens with one attached hydrogen (secondary N) is 1. The van der Waals surface area contributed by atoms with Crippen molar-refractivity contribution in [2.75, 3.05) is 5.75 Å². The Morgan fingerprint density at radius 3 is 3.12 bits per heavy atom. The van der Waals surface area contributed by atoms with Crippen molar-refractivity contribution in [2.45, 2.75) is 26.4 Å². The normalized spacial score (nSPS) is 27.8. The van der Waals surface area contributed by atoms with E-state index in [4.69, 9.17) is 0 Å². The molecule has 2 unspecified atom stereocenters. The first kappa shape index (κ1) is 11.5. The fourth-order valence-electron chi connectivity index (χ4n) is 1.48. The van der Waals surface area contributed by atoms with E-state index in [2.05, 4.69) is 35.2 Å². The first-order valence-corrected chi connectivity index (χ1v) is 6.57. The lowest BCUT2D eigenvalue weighted by Gasteiger charge is -2.28. The molecule has 2 rings (SSSR count). The van der Waals surface area contributed by atoms with Gasteiger partial charge in [-0.1, -0.05) is 24.8 Å². The molecule has 1 aliphatic heterocycles. The van der Waals surface area contributed by atoms with Gasteiger partial charge in [-0.25, -0.2) is 0 Å². The van der Waals surface area contributed by atoms with E-state index in [1.807, 2.05) is 24.0 Å². The second kappa shape index (κ2) is 5.34. The molecule has 1 fully saturated rings. The Kier molecular flexibility index (Phi) is 3.83. The minimum Gasteiger partial charge on any atom is -0.362 e. The van der Waals surface area contributed by atoms with Gasteiger partial charge >= 0.3 is 0 Å². The summed E-state index contributed by atoms with van der Waals surface area (Å²) in [4.78, 5) is 8.65. The summed E-state index contributed by atoms with van der Waals surface area (Å²) in [5.74, 6) is 1.86. The summed E-state index contributed by atoms with van der Waals surface area (Å²) in [7, 11) is 0. The Morgan fingerprint density at radius 1 is 1.56 bits per heavy atom. The fraction of sp³-hybridized carbons (Fsp3) is 0.500. The van der Waals surface area contributed by atoms with E-state index < -0.39 is 0 Å². The summed E-state index contributed by atoms with van der Waals surface area (Å²) in [5, 5.41) is 4.49. The largest absolute Gasteiger partial charge is 0.362 e. The third kappa shape index (κ3) is 2.98. The minimum absolute atomic E-state index is 0.522. The molecular formula is C12H17N3S. The maximum Gasteiger partial charge on any atom is 0.157 e. The summed E-state index contributed by atoms with van der Waals surface area (Å²) in [6.07, 6.45) is 3.65. The van der Waals surface area contributed by atoms with Gasteiger partial charge in [0.2, 0.25) is 0 Å². The first-order chi connectivity index (χ1) is 7.75. The van der Waals surface area contributed by atoms with Crippen molar-refractivity contribution < 1.29 is 0 Å². The number of thioether (sulfide) groups is 1. The minimum atomic E-state index is 0.522. The monoisotopic (exact) mass is 235 g/mol. The van der Waals surface area contributed by atoms with Gasteiger partial charge in [0, 0.05) is 24.2 Å². The molecule has 0 radical (unpaired) electrons. The zero-order valence-corrected chi connectivity index (χ0v) is 10.5. The van der Waals surface area contributed by atoms with Gasteiger partial charge in [0.05, 0.1) is 6.54 Å². The molecule has 0 spiro atoms. The van der Waals surface area contributed by atoms with Crippen LogP contribution in [0.3, 0.4) is 0 Å². The molecule has 3 nitrogen and oxygen atoms in total. The van der Waals surface area contributed by atoms with Crippen molar-refractivity contribution in [3.63, 3.8) is 0 Å². The first-order valence-electron chi connectivity index (χ1n) is 5.58. The van der Waals surface area contributed by atoms with Crippen LogP contribution < -0.4 is 5.32 Å². The molecule has 0 aliphatic carbocycles. The molecule has 16 heavy (non-hydrogen) atoms. The van der Waals surface area contributed by atoms with Crippen LogP contribution in [-0.2, 0) is 6.54 Å². The Labute approximate surface area is 101 Å². The average molecular weight is 235 g/mol. The molecule has 1 aromatic heterocycles. The lowest BCUT2D eigenvalue weighted by atomic mass is 10.1. The number of hydrogen-bond acceptors (Lipinski definition) is 3. The molecule has 4 heteroatoms. The van der Waals surface area contributed by atoms with Gasteiger partial charge < -0.3 is 5.32 Å². The average Bonchev–Trinajstić information content (AvgIpc) is 2.32. The predicted molar refractivity (Wildman–Crippen MR) is 69.6 cm³/mol. The van der Waals surface area contributed by atoms with Crippen LogP contribution in [0.4, 0.5) is 0 Å². The third-order valence-electron chi connectivity index (χ3n) is 2.82. The van der Waals surface area contributed by atoms with Crippen LogP contribution in [0.15, 0.2) is 29.5 Å². The highest BCUT2D eigenvalue weighted by Gasteiger charge is 2.20. The lowest BCUT2D eigenvalue weighted by Crippen LogP contribution is -2.41. The van der Waals surface area contributed by atoms with Crippen LogP contribution in [0, 0.1) is 5.92 Å². The molecule has 0 saturated carbocycles. The molecule has 0 bridgehead atoms. The van der Waals surface area contributed by atoms with E-state index in [9.17, 15) is 0 Å². The smallest absolute Gasteiger partial charge is 0.157 e. The Balaban J connectivity index is 1.93. The topological polar surface area (TPSA) is 37.3 Å². The van der Waals surface area contributed by atoms with E-state index in [1.165, 1.54) is 0 Å². The van der Waals surface area contributed by atoms with E-state index in [1.54, 1.807) is 6.20 Å². The van der Waals surface area contributed by atoms with Gasteiger partial charge in [-0.3, -0.25) is 9.98 Å². The summed E-state index contributed by atoms with van der Waals surface area (Å²) >= 11 is 1.81. The molecule has 2 atom stereocenters.